The molecular formula is C12H15ClN2O. The molecule has 4 heteroatoms. The normalized spacial score (nSPS) is 10.9. The van der Waals surface area contributed by atoms with Crippen LogP contribution in [0.2, 0.25) is 5.02 Å². The van der Waals surface area contributed by atoms with Gasteiger partial charge in [0.15, 0.2) is 0 Å². The Labute approximate surface area is 101 Å². The van der Waals surface area contributed by atoms with Crippen molar-refractivity contribution in [3.63, 3.8) is 0 Å². The third kappa shape index (κ3) is 3.63. The minimum atomic E-state index is -0.382. The highest BCUT2D eigenvalue weighted by Crippen LogP contribution is 2.26. The van der Waals surface area contributed by atoms with E-state index in [1.54, 1.807) is 18.2 Å². The fourth-order valence-electron chi connectivity index (χ4n) is 1.11. The van der Waals surface area contributed by atoms with Gasteiger partial charge in [0.05, 0.1) is 23.8 Å². The van der Waals surface area contributed by atoms with Gasteiger partial charge in [0.1, 0.15) is 5.75 Å². The van der Waals surface area contributed by atoms with Gasteiger partial charge in [-0.1, -0.05) is 11.6 Å². The summed E-state index contributed by atoms with van der Waals surface area (Å²) in [5.41, 5.74) is 5.90. The minimum Gasteiger partial charge on any atom is -0.491 e. The Balaban J connectivity index is 2.56. The van der Waals surface area contributed by atoms with Crippen LogP contribution in [-0.4, -0.2) is 6.61 Å². The van der Waals surface area contributed by atoms with E-state index < -0.39 is 0 Å². The SMILES string of the molecule is CC(C)(C#N)CCOc1cc(Cl)ccc1N. The standard InChI is InChI=1S/C12H15ClN2O/c1-12(2,8-14)5-6-16-11-7-9(13)3-4-10(11)15/h3-4,7H,5-6,15H2,1-2H3. The Morgan fingerprint density at radius 1 is 1.50 bits per heavy atom. The number of halogens is 1. The molecule has 1 aromatic rings. The third-order valence-corrected chi connectivity index (χ3v) is 2.50. The Morgan fingerprint density at radius 2 is 2.19 bits per heavy atom. The summed E-state index contributed by atoms with van der Waals surface area (Å²) in [6, 6.07) is 7.31. The average molecular weight is 239 g/mol. The Bertz CT molecular complexity index is 410. The molecular weight excluding hydrogens is 224 g/mol. The molecule has 0 unspecified atom stereocenters. The van der Waals surface area contributed by atoms with Crippen molar-refractivity contribution in [2.45, 2.75) is 20.3 Å². The molecule has 0 radical (unpaired) electrons. The zero-order valence-electron chi connectivity index (χ0n) is 9.46. The summed E-state index contributed by atoms with van der Waals surface area (Å²) >= 11 is 5.83. The molecule has 0 saturated heterocycles. The second kappa shape index (κ2) is 5.09. The molecule has 3 nitrogen and oxygen atoms in total. The molecule has 0 aliphatic heterocycles. The quantitative estimate of drug-likeness (QED) is 0.820. The van der Waals surface area contributed by atoms with Crippen LogP contribution in [-0.2, 0) is 0 Å². The second-order valence-electron chi connectivity index (χ2n) is 4.28. The van der Waals surface area contributed by atoms with E-state index in [0.717, 1.165) is 0 Å². The fraction of sp³-hybridized carbons (Fsp3) is 0.417. The predicted molar refractivity (Wildman–Crippen MR) is 65.4 cm³/mol. The highest BCUT2D eigenvalue weighted by Gasteiger charge is 2.16. The van der Waals surface area contributed by atoms with Crippen LogP contribution in [0.3, 0.4) is 0 Å². The van der Waals surface area contributed by atoms with Crippen LogP contribution in [0.5, 0.6) is 5.75 Å². The van der Waals surface area contributed by atoms with Crippen molar-refractivity contribution in [2.24, 2.45) is 5.41 Å². The highest BCUT2D eigenvalue weighted by molar-refractivity contribution is 6.30. The first-order chi connectivity index (χ1) is 7.44. The molecule has 0 bridgehead atoms. The maximum Gasteiger partial charge on any atom is 0.143 e. The first-order valence-electron chi connectivity index (χ1n) is 5.04. The van der Waals surface area contributed by atoms with Crippen molar-refractivity contribution in [2.75, 3.05) is 12.3 Å². The molecule has 0 amide bonds. The van der Waals surface area contributed by atoms with Gasteiger partial charge < -0.3 is 10.5 Å². The van der Waals surface area contributed by atoms with Crippen molar-refractivity contribution in [1.29, 1.82) is 5.26 Å². The van der Waals surface area contributed by atoms with Crippen molar-refractivity contribution >= 4 is 17.3 Å². The summed E-state index contributed by atoms with van der Waals surface area (Å²) in [6.07, 6.45) is 0.648. The van der Waals surface area contributed by atoms with Gasteiger partial charge in [-0.2, -0.15) is 5.26 Å². The molecule has 0 fully saturated rings. The number of benzene rings is 1. The first kappa shape index (κ1) is 12.7. The Kier molecular flexibility index (Phi) is 4.03. The molecule has 1 aromatic carbocycles. The molecule has 0 aliphatic carbocycles. The van der Waals surface area contributed by atoms with Gasteiger partial charge >= 0.3 is 0 Å². The molecule has 0 spiro atoms. The molecule has 86 valence electrons. The summed E-state index contributed by atoms with van der Waals surface area (Å²) in [5, 5.41) is 9.43. The summed E-state index contributed by atoms with van der Waals surface area (Å²) in [5.74, 6) is 0.571. The van der Waals surface area contributed by atoms with E-state index in [1.807, 2.05) is 13.8 Å². The van der Waals surface area contributed by atoms with E-state index in [1.165, 1.54) is 0 Å². The fourth-order valence-corrected chi connectivity index (χ4v) is 1.27. The molecule has 1 rings (SSSR count). The summed E-state index contributed by atoms with van der Waals surface area (Å²) in [6.45, 7) is 4.19. The molecule has 2 N–H and O–H groups in total. The molecule has 0 atom stereocenters. The van der Waals surface area contributed by atoms with E-state index in [2.05, 4.69) is 6.07 Å². The number of nitriles is 1. The van der Waals surface area contributed by atoms with Crippen molar-refractivity contribution in [3.05, 3.63) is 23.2 Å². The summed E-state index contributed by atoms with van der Waals surface area (Å²) < 4.78 is 5.49. The van der Waals surface area contributed by atoms with Crippen LogP contribution >= 0.6 is 11.6 Å². The van der Waals surface area contributed by atoms with E-state index in [4.69, 9.17) is 27.3 Å². The molecule has 0 saturated carbocycles. The highest BCUT2D eigenvalue weighted by atomic mass is 35.5. The topological polar surface area (TPSA) is 59.0 Å². The van der Waals surface area contributed by atoms with E-state index in [0.29, 0.717) is 29.5 Å². The number of hydrogen-bond acceptors (Lipinski definition) is 3. The van der Waals surface area contributed by atoms with E-state index in [-0.39, 0.29) is 5.41 Å². The van der Waals surface area contributed by atoms with Crippen LogP contribution in [0.1, 0.15) is 20.3 Å². The van der Waals surface area contributed by atoms with E-state index >= 15 is 0 Å². The smallest absolute Gasteiger partial charge is 0.143 e. The maximum atomic E-state index is 8.84. The van der Waals surface area contributed by atoms with Gasteiger partial charge in [-0.3, -0.25) is 0 Å². The maximum absolute atomic E-state index is 8.84. The lowest BCUT2D eigenvalue weighted by Crippen LogP contribution is -2.13. The molecule has 0 aliphatic rings. The minimum absolute atomic E-state index is 0.382. The largest absolute Gasteiger partial charge is 0.491 e. The lowest BCUT2D eigenvalue weighted by atomic mass is 9.92. The van der Waals surface area contributed by atoms with Crippen molar-refractivity contribution < 1.29 is 4.74 Å². The van der Waals surface area contributed by atoms with Gasteiger partial charge in [-0.15, -0.1) is 0 Å². The van der Waals surface area contributed by atoms with Gasteiger partial charge in [0, 0.05) is 11.1 Å². The number of ether oxygens (including phenoxy) is 1. The van der Waals surface area contributed by atoms with Crippen LogP contribution < -0.4 is 10.5 Å². The predicted octanol–water partition coefficient (Wildman–Crippen LogP) is 3.24. The van der Waals surface area contributed by atoms with E-state index in [9.17, 15) is 0 Å². The zero-order chi connectivity index (χ0) is 12.2. The van der Waals surface area contributed by atoms with Crippen LogP contribution in [0.25, 0.3) is 0 Å². The Morgan fingerprint density at radius 3 is 2.81 bits per heavy atom. The molecule has 0 heterocycles. The monoisotopic (exact) mass is 238 g/mol. The average Bonchev–Trinajstić information content (AvgIpc) is 2.23. The van der Waals surface area contributed by atoms with Crippen molar-refractivity contribution in [3.8, 4) is 11.8 Å². The number of anilines is 1. The van der Waals surface area contributed by atoms with Crippen molar-refractivity contribution in [1.82, 2.24) is 0 Å². The van der Waals surface area contributed by atoms with Gasteiger partial charge in [0.25, 0.3) is 0 Å². The summed E-state index contributed by atoms with van der Waals surface area (Å²) in [4.78, 5) is 0. The van der Waals surface area contributed by atoms with Crippen LogP contribution in [0.15, 0.2) is 18.2 Å². The number of nitrogen functional groups attached to an aromatic ring is 1. The lowest BCUT2D eigenvalue weighted by Gasteiger charge is -2.16. The number of nitrogens with two attached hydrogens (primary N) is 1. The first-order valence-corrected chi connectivity index (χ1v) is 5.41. The number of nitrogens with zero attached hydrogens (tertiary/aromatic N) is 1. The Hall–Kier alpha value is -1.40. The lowest BCUT2D eigenvalue weighted by molar-refractivity contribution is 0.265. The zero-order valence-corrected chi connectivity index (χ0v) is 10.2. The van der Waals surface area contributed by atoms with Crippen LogP contribution in [0.4, 0.5) is 5.69 Å². The molecule has 16 heavy (non-hydrogen) atoms. The van der Waals surface area contributed by atoms with Crippen LogP contribution in [0, 0.1) is 16.7 Å². The van der Waals surface area contributed by atoms with Gasteiger partial charge in [-0.05, 0) is 32.4 Å². The molecule has 0 aromatic heterocycles. The van der Waals surface area contributed by atoms with Gasteiger partial charge in [0.2, 0.25) is 0 Å². The number of hydrogen-bond donors (Lipinski definition) is 1. The van der Waals surface area contributed by atoms with Gasteiger partial charge in [-0.25, -0.2) is 0 Å². The summed E-state index contributed by atoms with van der Waals surface area (Å²) in [7, 11) is 0. The second-order valence-corrected chi connectivity index (χ2v) is 4.71. The number of rotatable bonds is 4. The third-order valence-electron chi connectivity index (χ3n) is 2.26.